The van der Waals surface area contributed by atoms with Gasteiger partial charge in [-0.3, -0.25) is 0 Å². The smallest absolute Gasteiger partial charge is 0.109 e. The van der Waals surface area contributed by atoms with Crippen LogP contribution in [0.1, 0.15) is 12.2 Å². The highest BCUT2D eigenvalue weighted by atomic mass is 15.1. The van der Waals surface area contributed by atoms with E-state index in [1.54, 1.807) is 0 Å². The molecule has 0 unspecified atom stereocenters. The Morgan fingerprint density at radius 1 is 1.67 bits per heavy atom. The Hall–Kier alpha value is -0.790. The Bertz CT molecular complexity index is 182. The highest BCUT2D eigenvalue weighted by Gasteiger charge is 2.07. The number of aryl methyl sites for hydroxylation is 1. The molecule has 2 nitrogen and oxygen atoms in total. The van der Waals surface area contributed by atoms with Crippen LogP contribution in [0.5, 0.6) is 0 Å². The summed E-state index contributed by atoms with van der Waals surface area (Å²) in [4.78, 5) is 4.16. The summed E-state index contributed by atoms with van der Waals surface area (Å²) in [7, 11) is 0. The fourth-order valence-electron chi connectivity index (χ4n) is 1.11. The number of aromatic nitrogens is 2. The minimum absolute atomic E-state index is 0.924. The molecular weight excluding hydrogens is 112 g/mol. The van der Waals surface area contributed by atoms with Crippen LogP contribution in [0, 0.1) is 6.42 Å². The van der Waals surface area contributed by atoms with Crippen LogP contribution in [0.2, 0.25) is 0 Å². The first-order chi connectivity index (χ1) is 4.47. The fourth-order valence-corrected chi connectivity index (χ4v) is 1.11. The molecule has 1 aromatic heterocycles. The zero-order valence-electron chi connectivity index (χ0n) is 5.17. The van der Waals surface area contributed by atoms with Crippen molar-refractivity contribution in [2.75, 3.05) is 0 Å². The van der Waals surface area contributed by atoms with E-state index in [9.17, 15) is 0 Å². The van der Waals surface area contributed by atoms with Crippen LogP contribution in [0.4, 0.5) is 0 Å². The summed E-state index contributed by atoms with van der Waals surface area (Å²) in [6.07, 6.45) is 9.11. The van der Waals surface area contributed by atoms with Gasteiger partial charge in [-0.15, -0.1) is 0 Å². The summed E-state index contributed by atoms with van der Waals surface area (Å²) < 4.78 is 2.18. The zero-order chi connectivity index (χ0) is 6.10. The quantitative estimate of drug-likeness (QED) is 0.497. The van der Waals surface area contributed by atoms with Crippen molar-refractivity contribution in [1.29, 1.82) is 0 Å². The van der Waals surface area contributed by atoms with Crippen molar-refractivity contribution in [3.05, 3.63) is 24.6 Å². The van der Waals surface area contributed by atoms with E-state index in [4.69, 9.17) is 0 Å². The van der Waals surface area contributed by atoms with E-state index in [1.165, 1.54) is 0 Å². The van der Waals surface area contributed by atoms with E-state index in [0.717, 1.165) is 25.2 Å². The van der Waals surface area contributed by atoms with Gasteiger partial charge in [0.05, 0.1) is 0 Å². The summed E-state index contributed by atoms with van der Waals surface area (Å²) in [6, 6.07) is 0. The molecule has 0 saturated heterocycles. The molecule has 2 heteroatoms. The molecule has 2 heterocycles. The average molecular weight is 120 g/mol. The predicted octanol–water partition coefficient (Wildman–Crippen LogP) is 0.911. The Labute approximate surface area is 54.5 Å². The van der Waals surface area contributed by atoms with E-state index in [0.29, 0.717) is 0 Å². The number of rotatable bonds is 0. The molecule has 0 amide bonds. The van der Waals surface area contributed by atoms with Gasteiger partial charge in [-0.05, 0) is 12.8 Å². The van der Waals surface area contributed by atoms with Gasteiger partial charge in [-0.2, -0.15) is 0 Å². The lowest BCUT2D eigenvalue weighted by Crippen LogP contribution is -2.09. The number of hydrogen-bond acceptors (Lipinski definition) is 1. The van der Waals surface area contributed by atoms with Crippen molar-refractivity contribution < 1.29 is 0 Å². The highest BCUT2D eigenvalue weighted by Crippen LogP contribution is 2.09. The molecule has 1 aliphatic heterocycles. The van der Waals surface area contributed by atoms with Gasteiger partial charge < -0.3 is 4.57 Å². The molecule has 0 saturated carbocycles. The van der Waals surface area contributed by atoms with E-state index in [-0.39, 0.29) is 0 Å². The SMILES string of the molecule is [C]1CCn2ccnc2C1. The molecule has 0 aromatic carbocycles. The molecule has 1 aliphatic rings. The minimum atomic E-state index is 0.924. The third-order valence-corrected chi connectivity index (χ3v) is 1.61. The normalized spacial score (nSPS) is 17.3. The molecule has 0 bridgehead atoms. The lowest BCUT2D eigenvalue weighted by atomic mass is 10.2. The average Bonchev–Trinajstić information content (AvgIpc) is 2.33. The van der Waals surface area contributed by atoms with Crippen LogP contribution in [-0.4, -0.2) is 9.55 Å². The number of nitrogens with zero attached hydrogens (tertiary/aromatic N) is 2. The summed E-state index contributed by atoms with van der Waals surface area (Å²) in [5.74, 6) is 1.15. The van der Waals surface area contributed by atoms with Crippen molar-refractivity contribution in [3.63, 3.8) is 0 Å². The second kappa shape index (κ2) is 1.87. The number of hydrogen-bond donors (Lipinski definition) is 0. The van der Waals surface area contributed by atoms with Crippen LogP contribution in [0.15, 0.2) is 12.4 Å². The first kappa shape index (κ1) is 5.03. The molecule has 46 valence electrons. The minimum Gasteiger partial charge on any atom is -0.335 e. The van der Waals surface area contributed by atoms with Crippen molar-refractivity contribution >= 4 is 0 Å². The number of fused-ring (bicyclic) bond motifs is 1. The summed E-state index contributed by atoms with van der Waals surface area (Å²) in [5, 5.41) is 0. The Morgan fingerprint density at radius 3 is 3.56 bits per heavy atom. The van der Waals surface area contributed by atoms with E-state index >= 15 is 0 Å². The first-order valence-electron chi connectivity index (χ1n) is 3.17. The molecule has 0 aliphatic carbocycles. The topological polar surface area (TPSA) is 17.8 Å². The van der Waals surface area contributed by atoms with Crippen molar-refractivity contribution in [3.8, 4) is 0 Å². The maximum atomic E-state index is 4.16. The molecule has 1 aromatic rings. The van der Waals surface area contributed by atoms with Gasteiger partial charge in [-0.25, -0.2) is 4.98 Å². The van der Waals surface area contributed by atoms with E-state index in [2.05, 4.69) is 16.0 Å². The van der Waals surface area contributed by atoms with Gasteiger partial charge >= 0.3 is 0 Å². The summed E-state index contributed by atoms with van der Waals surface area (Å²) in [6.45, 7) is 1.06. The Morgan fingerprint density at radius 2 is 2.67 bits per heavy atom. The van der Waals surface area contributed by atoms with Crippen LogP contribution >= 0.6 is 0 Å². The van der Waals surface area contributed by atoms with Gasteiger partial charge in [-0.1, -0.05) is 0 Å². The molecule has 0 N–H and O–H groups in total. The van der Waals surface area contributed by atoms with Gasteiger partial charge in [0.15, 0.2) is 0 Å². The molecule has 0 spiro atoms. The van der Waals surface area contributed by atoms with Gasteiger partial charge in [0, 0.05) is 25.4 Å². The Balaban J connectivity index is 2.39. The van der Waals surface area contributed by atoms with Crippen molar-refractivity contribution in [2.45, 2.75) is 19.4 Å². The van der Waals surface area contributed by atoms with Crippen LogP contribution < -0.4 is 0 Å². The lowest BCUT2D eigenvalue weighted by molar-refractivity contribution is 0.598. The first-order valence-corrected chi connectivity index (χ1v) is 3.17. The second-order valence-electron chi connectivity index (χ2n) is 2.21. The van der Waals surface area contributed by atoms with Gasteiger partial charge in [0.1, 0.15) is 5.82 Å². The van der Waals surface area contributed by atoms with Crippen LogP contribution in [0.3, 0.4) is 0 Å². The summed E-state index contributed by atoms with van der Waals surface area (Å²) in [5.41, 5.74) is 0. The molecule has 0 atom stereocenters. The van der Waals surface area contributed by atoms with E-state index < -0.39 is 0 Å². The van der Waals surface area contributed by atoms with Gasteiger partial charge in [0.2, 0.25) is 0 Å². The maximum Gasteiger partial charge on any atom is 0.109 e. The third-order valence-electron chi connectivity index (χ3n) is 1.61. The number of imidazole rings is 1. The Kier molecular flexibility index (Phi) is 1.04. The van der Waals surface area contributed by atoms with Crippen molar-refractivity contribution in [1.82, 2.24) is 9.55 Å². The summed E-state index contributed by atoms with van der Waals surface area (Å²) >= 11 is 0. The largest absolute Gasteiger partial charge is 0.335 e. The molecule has 2 radical (unpaired) electrons. The fraction of sp³-hybridized carbons (Fsp3) is 0.429. The van der Waals surface area contributed by atoms with Crippen molar-refractivity contribution in [2.24, 2.45) is 0 Å². The third kappa shape index (κ3) is 0.745. The second-order valence-corrected chi connectivity index (χ2v) is 2.21. The zero-order valence-corrected chi connectivity index (χ0v) is 5.17. The molecular formula is C7H8N2. The predicted molar refractivity (Wildman–Crippen MR) is 33.8 cm³/mol. The van der Waals surface area contributed by atoms with Gasteiger partial charge in [0.25, 0.3) is 0 Å². The van der Waals surface area contributed by atoms with Crippen LogP contribution in [0.25, 0.3) is 0 Å². The maximum absolute atomic E-state index is 4.16. The monoisotopic (exact) mass is 120 g/mol. The van der Waals surface area contributed by atoms with Crippen LogP contribution in [-0.2, 0) is 13.0 Å². The molecule has 0 fully saturated rings. The lowest BCUT2D eigenvalue weighted by Gasteiger charge is -2.11. The van der Waals surface area contributed by atoms with E-state index in [1.807, 2.05) is 12.4 Å². The molecule has 2 rings (SSSR count). The molecule has 9 heavy (non-hydrogen) atoms. The highest BCUT2D eigenvalue weighted by molar-refractivity contribution is 4.99. The standard InChI is InChI=1S/C7H8N2/c1-2-5-9-6-4-8-7(9)3-1/h4,6H,2-3,5H2.